The number of aromatic nitrogens is 1. The standard InChI is InChI=1S/C27H33FN4O4/c1-17-14-32(18(2)16-33)26(34)23-11-20(19-7-4-5-8-19)13-29-25(23)36-24(17)15-31(3)27(35)30-22-10-6-9-21(28)12-22/h6-7,9-13,17-18,24,33H,4-5,8,14-16H2,1-3H3,(H,30,35)/t17-,18+,24-/m1/s1. The van der Waals surface area contributed by atoms with E-state index in [2.05, 4.69) is 16.4 Å². The molecule has 0 unspecified atom stereocenters. The zero-order chi connectivity index (χ0) is 25.8. The lowest BCUT2D eigenvalue weighted by Gasteiger charge is -2.37. The van der Waals surface area contributed by atoms with Crippen molar-refractivity contribution in [2.24, 2.45) is 5.92 Å². The van der Waals surface area contributed by atoms with Gasteiger partial charge in [0, 0.05) is 31.4 Å². The van der Waals surface area contributed by atoms with Gasteiger partial charge in [-0.1, -0.05) is 19.1 Å². The van der Waals surface area contributed by atoms with Gasteiger partial charge < -0.3 is 25.0 Å². The quantitative estimate of drug-likeness (QED) is 0.626. The molecule has 0 fully saturated rings. The van der Waals surface area contributed by atoms with Gasteiger partial charge >= 0.3 is 6.03 Å². The maximum absolute atomic E-state index is 13.5. The number of hydrogen-bond donors (Lipinski definition) is 2. The monoisotopic (exact) mass is 496 g/mol. The first-order chi connectivity index (χ1) is 17.3. The molecule has 0 saturated carbocycles. The molecule has 3 amide bonds. The number of likely N-dealkylation sites (N-methyl/N-ethyl adjacent to an activating group) is 1. The van der Waals surface area contributed by atoms with Crippen LogP contribution in [0, 0.1) is 11.7 Å². The Morgan fingerprint density at radius 2 is 2.19 bits per heavy atom. The first-order valence-electron chi connectivity index (χ1n) is 12.3. The summed E-state index contributed by atoms with van der Waals surface area (Å²) in [5, 5.41) is 12.5. The van der Waals surface area contributed by atoms with Crippen molar-refractivity contribution in [3.8, 4) is 5.88 Å². The topological polar surface area (TPSA) is 95.0 Å². The summed E-state index contributed by atoms with van der Waals surface area (Å²) in [5.74, 6) is -0.625. The summed E-state index contributed by atoms with van der Waals surface area (Å²) in [6, 6.07) is 6.72. The predicted molar refractivity (Wildman–Crippen MR) is 135 cm³/mol. The number of halogens is 1. The summed E-state index contributed by atoms with van der Waals surface area (Å²) in [5.41, 5.74) is 2.77. The molecule has 1 aliphatic heterocycles. The average molecular weight is 497 g/mol. The van der Waals surface area contributed by atoms with E-state index in [0.29, 0.717) is 17.8 Å². The molecule has 4 rings (SSSR count). The van der Waals surface area contributed by atoms with Crippen LogP contribution in [0.3, 0.4) is 0 Å². The van der Waals surface area contributed by atoms with E-state index >= 15 is 0 Å². The van der Waals surface area contributed by atoms with Crippen LogP contribution in [0.5, 0.6) is 5.88 Å². The minimum absolute atomic E-state index is 0.167. The second kappa shape index (κ2) is 11.1. The number of carbonyl (C=O) groups excluding carboxylic acids is 2. The Kier molecular flexibility index (Phi) is 7.88. The number of fused-ring (bicyclic) bond motifs is 1. The lowest BCUT2D eigenvalue weighted by atomic mass is 9.99. The van der Waals surface area contributed by atoms with E-state index in [1.54, 1.807) is 31.1 Å². The Bertz CT molecular complexity index is 1150. The Balaban J connectivity index is 1.59. The average Bonchev–Trinajstić information content (AvgIpc) is 3.40. The van der Waals surface area contributed by atoms with Crippen LogP contribution in [0.2, 0.25) is 0 Å². The van der Waals surface area contributed by atoms with Crippen LogP contribution in [0.1, 0.15) is 49.0 Å². The van der Waals surface area contributed by atoms with Gasteiger partial charge in [-0.25, -0.2) is 14.2 Å². The number of ether oxygens (including phenoxy) is 1. The largest absolute Gasteiger partial charge is 0.472 e. The number of rotatable bonds is 6. The van der Waals surface area contributed by atoms with Gasteiger partial charge in [0.05, 0.1) is 19.2 Å². The number of aliphatic hydroxyl groups is 1. The summed E-state index contributed by atoms with van der Waals surface area (Å²) in [6.45, 7) is 4.13. The molecule has 8 nitrogen and oxygen atoms in total. The molecule has 192 valence electrons. The van der Waals surface area contributed by atoms with Crippen molar-refractivity contribution in [1.82, 2.24) is 14.8 Å². The van der Waals surface area contributed by atoms with E-state index in [4.69, 9.17) is 4.74 Å². The Hall–Kier alpha value is -3.46. The molecule has 3 atom stereocenters. The van der Waals surface area contributed by atoms with E-state index < -0.39 is 24.0 Å². The van der Waals surface area contributed by atoms with E-state index in [-0.39, 0.29) is 30.9 Å². The molecule has 2 N–H and O–H groups in total. The van der Waals surface area contributed by atoms with Crippen molar-refractivity contribution in [3.63, 3.8) is 0 Å². The molecule has 0 radical (unpaired) electrons. The molecule has 1 aliphatic carbocycles. The maximum atomic E-state index is 13.5. The number of allylic oxidation sites excluding steroid dienone is 2. The maximum Gasteiger partial charge on any atom is 0.321 e. The molecule has 2 aliphatic rings. The molecule has 0 bridgehead atoms. The van der Waals surface area contributed by atoms with Crippen LogP contribution in [0.4, 0.5) is 14.9 Å². The molecule has 0 saturated heterocycles. The van der Waals surface area contributed by atoms with Crippen LogP contribution in [0.25, 0.3) is 5.57 Å². The van der Waals surface area contributed by atoms with Crippen LogP contribution in [-0.2, 0) is 0 Å². The van der Waals surface area contributed by atoms with Gasteiger partial charge in [-0.15, -0.1) is 0 Å². The molecule has 0 spiro atoms. The van der Waals surface area contributed by atoms with Gasteiger partial charge in [-0.3, -0.25) is 4.79 Å². The number of benzene rings is 1. The summed E-state index contributed by atoms with van der Waals surface area (Å²) in [4.78, 5) is 34.0. The summed E-state index contributed by atoms with van der Waals surface area (Å²) in [7, 11) is 1.63. The number of urea groups is 1. The van der Waals surface area contributed by atoms with Gasteiger partial charge in [-0.2, -0.15) is 0 Å². The van der Waals surface area contributed by atoms with Crippen LogP contribution < -0.4 is 10.1 Å². The number of nitrogens with zero attached hydrogens (tertiary/aromatic N) is 3. The van der Waals surface area contributed by atoms with E-state index in [1.807, 2.05) is 13.0 Å². The third-order valence-corrected chi connectivity index (χ3v) is 6.81. The predicted octanol–water partition coefficient (Wildman–Crippen LogP) is 4.17. The van der Waals surface area contributed by atoms with Crippen LogP contribution >= 0.6 is 0 Å². The molecule has 1 aromatic heterocycles. The first-order valence-corrected chi connectivity index (χ1v) is 12.3. The zero-order valence-corrected chi connectivity index (χ0v) is 20.9. The fourth-order valence-corrected chi connectivity index (χ4v) is 4.57. The fraction of sp³-hybridized carbons (Fsp3) is 0.444. The molecule has 9 heteroatoms. The lowest BCUT2D eigenvalue weighted by Crippen LogP contribution is -2.50. The normalized spacial score (nSPS) is 20.5. The van der Waals surface area contributed by atoms with Crippen LogP contribution in [0.15, 0.2) is 42.6 Å². The number of amides is 3. The zero-order valence-electron chi connectivity index (χ0n) is 20.9. The fourth-order valence-electron chi connectivity index (χ4n) is 4.57. The van der Waals surface area contributed by atoms with Crippen molar-refractivity contribution in [3.05, 3.63) is 59.5 Å². The van der Waals surface area contributed by atoms with Gasteiger partial charge in [0.25, 0.3) is 5.91 Å². The number of carbonyl (C=O) groups is 2. The van der Waals surface area contributed by atoms with Crippen molar-refractivity contribution in [2.45, 2.75) is 45.3 Å². The minimum atomic E-state index is -0.474. The highest BCUT2D eigenvalue weighted by Gasteiger charge is 2.35. The summed E-state index contributed by atoms with van der Waals surface area (Å²) in [6.07, 6.45) is 6.45. The Morgan fingerprint density at radius 1 is 1.39 bits per heavy atom. The number of aliphatic hydroxyl groups excluding tert-OH is 1. The molecular formula is C27H33FN4O4. The van der Waals surface area contributed by atoms with Crippen molar-refractivity contribution < 1.29 is 23.8 Å². The number of nitrogens with one attached hydrogen (secondary N) is 1. The van der Waals surface area contributed by atoms with E-state index in [9.17, 15) is 19.1 Å². The minimum Gasteiger partial charge on any atom is -0.472 e. The van der Waals surface area contributed by atoms with E-state index in [0.717, 1.165) is 24.8 Å². The van der Waals surface area contributed by atoms with Gasteiger partial charge in [0.2, 0.25) is 5.88 Å². The number of anilines is 1. The van der Waals surface area contributed by atoms with Gasteiger partial charge in [0.15, 0.2) is 0 Å². The first kappa shape index (κ1) is 25.6. The molecule has 2 aromatic rings. The van der Waals surface area contributed by atoms with Crippen LogP contribution in [-0.4, -0.2) is 70.7 Å². The second-order valence-electron chi connectivity index (χ2n) is 9.64. The Morgan fingerprint density at radius 3 is 2.89 bits per heavy atom. The van der Waals surface area contributed by atoms with Crippen molar-refractivity contribution >= 4 is 23.2 Å². The Labute approximate surface area is 210 Å². The van der Waals surface area contributed by atoms with Crippen molar-refractivity contribution in [1.29, 1.82) is 0 Å². The van der Waals surface area contributed by atoms with Gasteiger partial charge in [0.1, 0.15) is 17.5 Å². The third-order valence-electron chi connectivity index (χ3n) is 6.81. The molecule has 36 heavy (non-hydrogen) atoms. The molecule has 1 aromatic carbocycles. The van der Waals surface area contributed by atoms with Crippen molar-refractivity contribution in [2.75, 3.05) is 32.1 Å². The smallest absolute Gasteiger partial charge is 0.321 e. The molecular weight excluding hydrogens is 463 g/mol. The third kappa shape index (κ3) is 5.67. The second-order valence-corrected chi connectivity index (χ2v) is 9.64. The number of pyridine rings is 1. The highest BCUT2D eigenvalue weighted by atomic mass is 19.1. The lowest BCUT2D eigenvalue weighted by molar-refractivity contribution is 0.0356. The highest BCUT2D eigenvalue weighted by Crippen LogP contribution is 2.32. The SMILES string of the molecule is C[C@@H]1CN([C@@H](C)CO)C(=O)c2cc(C3=CCCC3)cnc2O[C@@H]1CN(C)C(=O)Nc1cccc(F)c1. The van der Waals surface area contributed by atoms with Gasteiger partial charge in [-0.05, 0) is 61.6 Å². The van der Waals surface area contributed by atoms with E-state index in [1.165, 1.54) is 28.7 Å². The summed E-state index contributed by atoms with van der Waals surface area (Å²) < 4.78 is 19.8. The summed E-state index contributed by atoms with van der Waals surface area (Å²) >= 11 is 0. The highest BCUT2D eigenvalue weighted by molar-refractivity contribution is 5.97. The molecule has 2 heterocycles. The number of hydrogen-bond acceptors (Lipinski definition) is 5.